The summed E-state index contributed by atoms with van der Waals surface area (Å²) in [6.45, 7) is 3.73. The average molecular weight is 350 g/mol. The molecule has 1 aromatic rings. The molecule has 3 atom stereocenters. The first-order valence-electron chi connectivity index (χ1n) is 8.41. The van der Waals surface area contributed by atoms with Crippen molar-refractivity contribution in [2.75, 3.05) is 0 Å². The molecule has 1 aliphatic carbocycles. The van der Waals surface area contributed by atoms with Gasteiger partial charge in [0.2, 0.25) is 0 Å². The lowest BCUT2D eigenvalue weighted by molar-refractivity contribution is -0.150. The van der Waals surface area contributed by atoms with Crippen molar-refractivity contribution in [2.45, 2.75) is 51.7 Å². The van der Waals surface area contributed by atoms with Crippen molar-refractivity contribution in [1.82, 2.24) is 5.32 Å². The molecule has 1 fully saturated rings. The highest BCUT2D eigenvalue weighted by Gasteiger charge is 2.25. The third-order valence-corrected chi connectivity index (χ3v) is 4.75. The SMILES string of the molecule is CC(OC(=O)C=Cc1ccccc1Cl)C(=O)NC1CCCCC1C. The fraction of sp³-hybridized carbons (Fsp3) is 0.474. The van der Waals surface area contributed by atoms with E-state index in [4.69, 9.17) is 16.3 Å². The normalized spacial score (nSPS) is 22.1. The van der Waals surface area contributed by atoms with E-state index < -0.39 is 12.1 Å². The molecule has 130 valence electrons. The third-order valence-electron chi connectivity index (χ3n) is 4.41. The maximum atomic E-state index is 12.2. The van der Waals surface area contributed by atoms with Gasteiger partial charge in [-0.3, -0.25) is 4.79 Å². The van der Waals surface area contributed by atoms with E-state index in [-0.39, 0.29) is 11.9 Å². The summed E-state index contributed by atoms with van der Waals surface area (Å²) in [6.07, 6.45) is 6.50. The minimum Gasteiger partial charge on any atom is -0.449 e. The van der Waals surface area contributed by atoms with E-state index in [0.29, 0.717) is 10.9 Å². The Bertz CT molecular complexity index is 614. The smallest absolute Gasteiger partial charge is 0.331 e. The van der Waals surface area contributed by atoms with Gasteiger partial charge in [-0.25, -0.2) is 4.79 Å². The highest BCUT2D eigenvalue weighted by atomic mass is 35.5. The average Bonchev–Trinajstić information content (AvgIpc) is 2.56. The fourth-order valence-electron chi connectivity index (χ4n) is 2.87. The number of carbonyl (C=O) groups is 2. The molecule has 0 aliphatic heterocycles. The van der Waals surface area contributed by atoms with Crippen molar-refractivity contribution >= 4 is 29.6 Å². The highest BCUT2D eigenvalue weighted by Crippen LogP contribution is 2.23. The first-order chi connectivity index (χ1) is 11.5. The van der Waals surface area contributed by atoms with Crippen LogP contribution >= 0.6 is 11.6 Å². The molecule has 0 radical (unpaired) electrons. The van der Waals surface area contributed by atoms with Crippen LogP contribution in [0.3, 0.4) is 0 Å². The number of hydrogen-bond donors (Lipinski definition) is 1. The maximum absolute atomic E-state index is 12.2. The molecule has 0 heterocycles. The van der Waals surface area contributed by atoms with Gasteiger partial charge in [0.05, 0.1) is 0 Å². The predicted molar refractivity (Wildman–Crippen MR) is 95.6 cm³/mol. The Kier molecular flexibility index (Phi) is 6.85. The van der Waals surface area contributed by atoms with Crippen LogP contribution in [-0.4, -0.2) is 24.0 Å². The van der Waals surface area contributed by atoms with Crippen LogP contribution < -0.4 is 5.32 Å². The Morgan fingerprint density at radius 1 is 1.29 bits per heavy atom. The summed E-state index contributed by atoms with van der Waals surface area (Å²) in [7, 11) is 0. The Morgan fingerprint density at radius 2 is 2.00 bits per heavy atom. The molecule has 0 spiro atoms. The Labute approximate surface area is 148 Å². The number of rotatable bonds is 5. The first-order valence-corrected chi connectivity index (χ1v) is 8.78. The van der Waals surface area contributed by atoms with Crippen LogP contribution in [0.15, 0.2) is 30.3 Å². The molecule has 1 aromatic carbocycles. The molecule has 1 amide bonds. The van der Waals surface area contributed by atoms with Crippen LogP contribution in [0, 0.1) is 5.92 Å². The second kappa shape index (κ2) is 8.88. The number of hydrogen-bond acceptors (Lipinski definition) is 3. The molecule has 2 rings (SSSR count). The number of carbonyl (C=O) groups excluding carboxylic acids is 2. The number of amides is 1. The second-order valence-corrected chi connectivity index (χ2v) is 6.72. The van der Waals surface area contributed by atoms with Crippen molar-refractivity contribution in [2.24, 2.45) is 5.92 Å². The molecular formula is C19H24ClNO3. The number of esters is 1. The van der Waals surface area contributed by atoms with Gasteiger partial charge in [0.25, 0.3) is 5.91 Å². The van der Waals surface area contributed by atoms with Crippen molar-refractivity contribution in [1.29, 1.82) is 0 Å². The molecule has 1 saturated carbocycles. The van der Waals surface area contributed by atoms with Gasteiger partial charge in [-0.15, -0.1) is 0 Å². The number of nitrogens with one attached hydrogen (secondary N) is 1. The van der Waals surface area contributed by atoms with Gasteiger partial charge in [-0.1, -0.05) is 49.6 Å². The van der Waals surface area contributed by atoms with Crippen molar-refractivity contribution in [3.05, 3.63) is 40.9 Å². The summed E-state index contributed by atoms with van der Waals surface area (Å²) < 4.78 is 5.17. The summed E-state index contributed by atoms with van der Waals surface area (Å²) in [5.41, 5.74) is 0.726. The van der Waals surface area contributed by atoms with Crippen LogP contribution in [0.2, 0.25) is 5.02 Å². The summed E-state index contributed by atoms with van der Waals surface area (Å²) in [5, 5.41) is 3.55. The summed E-state index contributed by atoms with van der Waals surface area (Å²) in [5.74, 6) is -0.340. The first kappa shape index (κ1) is 18.5. The van der Waals surface area contributed by atoms with Gasteiger partial charge in [0.1, 0.15) is 0 Å². The minimum absolute atomic E-state index is 0.172. The lowest BCUT2D eigenvalue weighted by Crippen LogP contribution is -2.45. The van der Waals surface area contributed by atoms with Crippen LogP contribution in [-0.2, 0) is 14.3 Å². The quantitative estimate of drug-likeness (QED) is 0.646. The van der Waals surface area contributed by atoms with Crippen LogP contribution in [0.1, 0.15) is 45.1 Å². The molecule has 0 saturated heterocycles. The molecule has 5 heteroatoms. The summed E-state index contributed by atoms with van der Waals surface area (Å²) in [6, 6.07) is 7.36. The second-order valence-electron chi connectivity index (χ2n) is 6.31. The van der Waals surface area contributed by atoms with Crippen molar-refractivity contribution in [3.63, 3.8) is 0 Å². The highest BCUT2D eigenvalue weighted by molar-refractivity contribution is 6.32. The molecular weight excluding hydrogens is 326 g/mol. The molecule has 0 aromatic heterocycles. The fourth-order valence-corrected chi connectivity index (χ4v) is 3.06. The minimum atomic E-state index is -0.817. The lowest BCUT2D eigenvalue weighted by atomic mass is 9.86. The summed E-state index contributed by atoms with van der Waals surface area (Å²) in [4.78, 5) is 24.1. The van der Waals surface area contributed by atoms with Crippen molar-refractivity contribution in [3.8, 4) is 0 Å². The molecule has 24 heavy (non-hydrogen) atoms. The van der Waals surface area contributed by atoms with Crippen LogP contribution in [0.4, 0.5) is 0 Å². The van der Waals surface area contributed by atoms with E-state index in [1.165, 1.54) is 12.5 Å². The van der Waals surface area contributed by atoms with E-state index >= 15 is 0 Å². The van der Waals surface area contributed by atoms with Crippen molar-refractivity contribution < 1.29 is 14.3 Å². The van der Waals surface area contributed by atoms with Gasteiger partial charge in [0.15, 0.2) is 6.10 Å². The van der Waals surface area contributed by atoms with E-state index in [1.807, 2.05) is 12.1 Å². The molecule has 1 N–H and O–H groups in total. The number of ether oxygens (including phenoxy) is 1. The van der Waals surface area contributed by atoms with Gasteiger partial charge in [-0.2, -0.15) is 0 Å². The van der Waals surface area contributed by atoms with Gasteiger partial charge >= 0.3 is 5.97 Å². The zero-order valence-electron chi connectivity index (χ0n) is 14.1. The van der Waals surface area contributed by atoms with Gasteiger partial charge in [-0.05, 0) is 43.4 Å². The Balaban J connectivity index is 1.84. The van der Waals surface area contributed by atoms with Crippen LogP contribution in [0.25, 0.3) is 6.08 Å². The molecule has 4 nitrogen and oxygen atoms in total. The molecule has 0 bridgehead atoms. The van der Waals surface area contributed by atoms with Crippen LogP contribution in [0.5, 0.6) is 0 Å². The lowest BCUT2D eigenvalue weighted by Gasteiger charge is -2.30. The van der Waals surface area contributed by atoms with Gasteiger partial charge < -0.3 is 10.1 Å². The maximum Gasteiger partial charge on any atom is 0.331 e. The third kappa shape index (κ3) is 5.38. The topological polar surface area (TPSA) is 55.4 Å². The predicted octanol–water partition coefficient (Wildman–Crippen LogP) is 3.98. The molecule has 3 unspecified atom stereocenters. The molecule has 1 aliphatic rings. The van der Waals surface area contributed by atoms with E-state index in [0.717, 1.165) is 24.8 Å². The standard InChI is InChI=1S/C19H24ClNO3/c1-13-7-3-6-10-17(13)21-19(23)14(2)24-18(22)12-11-15-8-4-5-9-16(15)20/h4-5,8-9,11-14,17H,3,6-7,10H2,1-2H3,(H,21,23). The summed E-state index contributed by atoms with van der Waals surface area (Å²) >= 11 is 6.02. The monoisotopic (exact) mass is 349 g/mol. The van der Waals surface area contributed by atoms with Gasteiger partial charge in [0, 0.05) is 17.1 Å². The number of halogens is 1. The zero-order valence-corrected chi connectivity index (χ0v) is 14.9. The largest absolute Gasteiger partial charge is 0.449 e. The van der Waals surface area contributed by atoms with E-state index in [9.17, 15) is 9.59 Å². The van der Waals surface area contributed by atoms with E-state index in [1.54, 1.807) is 25.1 Å². The zero-order chi connectivity index (χ0) is 17.5. The van der Waals surface area contributed by atoms with E-state index in [2.05, 4.69) is 12.2 Å². The Morgan fingerprint density at radius 3 is 2.71 bits per heavy atom. The number of benzene rings is 1. The Hall–Kier alpha value is -1.81.